The second-order valence-electron chi connectivity index (χ2n) is 5.08. The first-order valence-corrected chi connectivity index (χ1v) is 6.41. The first-order valence-electron chi connectivity index (χ1n) is 6.41. The van der Waals surface area contributed by atoms with E-state index in [0.29, 0.717) is 5.92 Å². The Kier molecular flexibility index (Phi) is 6.26. The Morgan fingerprint density at radius 2 is 1.27 bits per heavy atom. The molecule has 0 atom stereocenters. The molecule has 1 aliphatic heterocycles. The lowest BCUT2D eigenvalue weighted by atomic mass is 9.91. The van der Waals surface area contributed by atoms with E-state index in [1.807, 2.05) is 6.92 Å². The molecule has 1 saturated heterocycles. The van der Waals surface area contributed by atoms with Crippen molar-refractivity contribution in [3.8, 4) is 0 Å². The molecule has 1 saturated carbocycles. The molecule has 2 heteroatoms. The minimum Gasteiger partial charge on any atom is -0.353 e. The number of rotatable bonds is 0. The normalized spacial score (nSPS) is 33.0. The Morgan fingerprint density at radius 1 is 0.733 bits per heavy atom. The molecule has 15 heavy (non-hydrogen) atoms. The second kappa shape index (κ2) is 7.24. The maximum absolute atomic E-state index is 5.17. The van der Waals surface area contributed by atoms with E-state index in [4.69, 9.17) is 9.47 Å². The summed E-state index contributed by atoms with van der Waals surface area (Å²) in [6.45, 7) is 8.10. The van der Waals surface area contributed by atoms with Gasteiger partial charge in [0.1, 0.15) is 0 Å². The van der Waals surface area contributed by atoms with Gasteiger partial charge in [0.05, 0.1) is 13.2 Å². The molecule has 0 bridgehead atoms. The summed E-state index contributed by atoms with van der Waals surface area (Å²) in [4.78, 5) is 0. The summed E-state index contributed by atoms with van der Waals surface area (Å²) in [5, 5.41) is 0. The quantitative estimate of drug-likeness (QED) is 0.613. The molecular weight excluding hydrogens is 188 g/mol. The van der Waals surface area contributed by atoms with Gasteiger partial charge >= 0.3 is 0 Å². The summed E-state index contributed by atoms with van der Waals surface area (Å²) in [5.74, 6) is 1.61. The maximum atomic E-state index is 5.17. The Labute approximate surface area is 94.3 Å². The van der Waals surface area contributed by atoms with E-state index >= 15 is 0 Å². The molecule has 0 N–H and O–H groups in total. The highest BCUT2D eigenvalue weighted by Crippen LogP contribution is 2.22. The summed E-state index contributed by atoms with van der Waals surface area (Å²) in [6, 6.07) is 0. The van der Waals surface area contributed by atoms with E-state index in [0.717, 1.165) is 19.1 Å². The molecular formula is C13H26O2. The fourth-order valence-electron chi connectivity index (χ4n) is 2.00. The lowest BCUT2D eigenvalue weighted by Gasteiger charge is -2.24. The van der Waals surface area contributed by atoms with Crippen molar-refractivity contribution in [2.24, 2.45) is 11.8 Å². The van der Waals surface area contributed by atoms with E-state index in [2.05, 4.69) is 13.8 Å². The van der Waals surface area contributed by atoms with Crippen molar-refractivity contribution in [1.82, 2.24) is 0 Å². The fraction of sp³-hybridized carbons (Fsp3) is 1.00. The molecule has 0 spiro atoms. The van der Waals surface area contributed by atoms with Crippen molar-refractivity contribution in [2.45, 2.75) is 59.2 Å². The molecule has 2 rings (SSSR count). The first-order chi connectivity index (χ1) is 7.18. The minimum atomic E-state index is 0.0196. The average Bonchev–Trinajstić information content (AvgIpc) is 2.25. The van der Waals surface area contributed by atoms with Gasteiger partial charge in [-0.3, -0.25) is 0 Å². The topological polar surface area (TPSA) is 18.5 Å². The smallest absolute Gasteiger partial charge is 0.154 e. The van der Waals surface area contributed by atoms with Gasteiger partial charge in [0.2, 0.25) is 0 Å². The summed E-state index contributed by atoms with van der Waals surface area (Å²) in [7, 11) is 0. The second-order valence-corrected chi connectivity index (χ2v) is 5.08. The van der Waals surface area contributed by atoms with Gasteiger partial charge in [0.25, 0.3) is 0 Å². The van der Waals surface area contributed by atoms with Crippen LogP contribution in [0.3, 0.4) is 0 Å². The van der Waals surface area contributed by atoms with Crippen molar-refractivity contribution in [2.75, 3.05) is 13.2 Å². The highest BCUT2D eigenvalue weighted by molar-refractivity contribution is 4.59. The van der Waals surface area contributed by atoms with Crippen LogP contribution in [0, 0.1) is 11.8 Å². The van der Waals surface area contributed by atoms with Crippen LogP contribution >= 0.6 is 0 Å². The van der Waals surface area contributed by atoms with Crippen LogP contribution < -0.4 is 0 Å². The van der Waals surface area contributed by atoms with Crippen molar-refractivity contribution < 1.29 is 9.47 Å². The fourth-order valence-corrected chi connectivity index (χ4v) is 2.00. The van der Waals surface area contributed by atoms with E-state index in [9.17, 15) is 0 Å². The van der Waals surface area contributed by atoms with Gasteiger partial charge < -0.3 is 9.47 Å². The molecule has 0 radical (unpaired) electrons. The molecule has 2 fully saturated rings. The summed E-state index contributed by atoms with van der Waals surface area (Å²) >= 11 is 0. The highest BCUT2D eigenvalue weighted by atomic mass is 16.7. The van der Waals surface area contributed by atoms with Crippen LogP contribution in [0.2, 0.25) is 0 Å². The zero-order valence-corrected chi connectivity index (χ0v) is 10.5. The van der Waals surface area contributed by atoms with Gasteiger partial charge in [-0.05, 0) is 12.8 Å². The van der Waals surface area contributed by atoms with Gasteiger partial charge in [-0.25, -0.2) is 0 Å². The molecule has 0 amide bonds. The van der Waals surface area contributed by atoms with Gasteiger partial charge in [0, 0.05) is 5.92 Å². The van der Waals surface area contributed by atoms with Crippen molar-refractivity contribution in [3.63, 3.8) is 0 Å². The predicted molar refractivity (Wildman–Crippen MR) is 62.8 cm³/mol. The molecule has 2 aliphatic rings. The highest BCUT2D eigenvalue weighted by Gasteiger charge is 2.13. The first kappa shape index (κ1) is 13.0. The predicted octanol–water partition coefficient (Wildman–Crippen LogP) is 3.60. The lowest BCUT2D eigenvalue weighted by molar-refractivity contribution is -0.187. The van der Waals surface area contributed by atoms with Gasteiger partial charge in [-0.2, -0.15) is 0 Å². The third kappa shape index (κ3) is 6.16. The SMILES string of the molecule is CC1CCCCC1.CC1COC(C)OC1. The zero-order chi connectivity index (χ0) is 11.1. The van der Waals surface area contributed by atoms with Crippen molar-refractivity contribution >= 4 is 0 Å². The summed E-state index contributed by atoms with van der Waals surface area (Å²) in [6.07, 6.45) is 7.46. The van der Waals surface area contributed by atoms with Gasteiger partial charge in [0.15, 0.2) is 6.29 Å². The van der Waals surface area contributed by atoms with Crippen LogP contribution in [0.25, 0.3) is 0 Å². The standard InChI is InChI=1S/C7H14.C6H12O2/c1-7-5-3-2-4-6-7;1-5-3-7-6(2)8-4-5/h7H,2-6H2,1H3;5-6H,3-4H2,1-2H3. The molecule has 0 aromatic carbocycles. The third-order valence-electron chi connectivity index (χ3n) is 3.12. The Balaban J connectivity index is 0.000000151. The van der Waals surface area contributed by atoms with Crippen molar-refractivity contribution in [1.29, 1.82) is 0 Å². The van der Waals surface area contributed by atoms with Gasteiger partial charge in [-0.15, -0.1) is 0 Å². The van der Waals surface area contributed by atoms with Crippen molar-refractivity contribution in [3.05, 3.63) is 0 Å². The molecule has 1 aliphatic carbocycles. The molecule has 0 aromatic heterocycles. The van der Waals surface area contributed by atoms with Crippen LogP contribution in [0.4, 0.5) is 0 Å². The Bertz CT molecular complexity index is 135. The van der Waals surface area contributed by atoms with Crippen LogP contribution in [0.15, 0.2) is 0 Å². The molecule has 0 unspecified atom stereocenters. The molecule has 2 nitrogen and oxygen atoms in total. The Morgan fingerprint density at radius 3 is 1.60 bits per heavy atom. The number of hydrogen-bond acceptors (Lipinski definition) is 2. The van der Waals surface area contributed by atoms with Crippen LogP contribution in [-0.4, -0.2) is 19.5 Å². The van der Waals surface area contributed by atoms with Crippen LogP contribution in [0.5, 0.6) is 0 Å². The maximum Gasteiger partial charge on any atom is 0.154 e. The van der Waals surface area contributed by atoms with E-state index in [-0.39, 0.29) is 6.29 Å². The zero-order valence-electron chi connectivity index (χ0n) is 10.5. The van der Waals surface area contributed by atoms with E-state index in [1.165, 1.54) is 32.1 Å². The van der Waals surface area contributed by atoms with Crippen LogP contribution in [-0.2, 0) is 9.47 Å². The largest absolute Gasteiger partial charge is 0.353 e. The summed E-state index contributed by atoms with van der Waals surface area (Å²) in [5.41, 5.74) is 0. The van der Waals surface area contributed by atoms with E-state index in [1.54, 1.807) is 0 Å². The number of ether oxygens (including phenoxy) is 2. The number of hydrogen-bond donors (Lipinski definition) is 0. The Hall–Kier alpha value is -0.0800. The molecule has 1 heterocycles. The van der Waals surface area contributed by atoms with E-state index < -0.39 is 0 Å². The van der Waals surface area contributed by atoms with Crippen LogP contribution in [0.1, 0.15) is 52.9 Å². The average molecular weight is 214 g/mol. The minimum absolute atomic E-state index is 0.0196. The molecule has 90 valence electrons. The summed E-state index contributed by atoms with van der Waals surface area (Å²) < 4.78 is 10.3. The third-order valence-corrected chi connectivity index (χ3v) is 3.12. The monoisotopic (exact) mass is 214 g/mol. The van der Waals surface area contributed by atoms with Gasteiger partial charge in [-0.1, -0.05) is 46.0 Å². The molecule has 0 aromatic rings. The lowest BCUT2D eigenvalue weighted by Crippen LogP contribution is -2.27.